The number of carbonyl (C=O) groups is 1. The van der Waals surface area contributed by atoms with Gasteiger partial charge in [0.05, 0.1) is 0 Å². The second-order valence-corrected chi connectivity index (χ2v) is 4.62. The fraction of sp³-hybridized carbons (Fsp3) is 0.417. The zero-order valence-electron chi connectivity index (χ0n) is 9.69. The first-order chi connectivity index (χ1) is 7.93. The third-order valence-corrected chi connectivity index (χ3v) is 2.56. The van der Waals surface area contributed by atoms with Crippen LogP contribution in [0, 0.1) is 18.6 Å². The number of benzene rings is 1. The highest BCUT2D eigenvalue weighted by molar-refractivity contribution is 6.20. The molecule has 1 amide bonds. The predicted octanol–water partition coefficient (Wildman–Crippen LogP) is 3.02. The molecule has 1 N–H and O–H groups in total. The van der Waals surface area contributed by atoms with Crippen LogP contribution in [0.25, 0.3) is 0 Å². The Kier molecular flexibility index (Phi) is 4.87. The molecule has 1 aromatic carbocycles. The number of rotatable bonds is 4. The Morgan fingerprint density at radius 2 is 2.12 bits per heavy atom. The van der Waals surface area contributed by atoms with Crippen molar-refractivity contribution in [3.05, 3.63) is 34.9 Å². The van der Waals surface area contributed by atoms with E-state index in [0.717, 1.165) is 6.07 Å². The number of alkyl halides is 1. The van der Waals surface area contributed by atoms with Crippen LogP contribution in [0.15, 0.2) is 12.1 Å². The molecule has 1 rings (SSSR count). The summed E-state index contributed by atoms with van der Waals surface area (Å²) in [6.45, 7) is 3.55. The number of halogens is 3. The molecule has 0 aliphatic carbocycles. The first-order valence-electron chi connectivity index (χ1n) is 5.30. The molecule has 0 heterocycles. The van der Waals surface area contributed by atoms with Gasteiger partial charge in [0, 0.05) is 11.9 Å². The summed E-state index contributed by atoms with van der Waals surface area (Å²) in [5.74, 6) is -2.42. The van der Waals surface area contributed by atoms with E-state index in [1.807, 2.05) is 0 Å². The zero-order chi connectivity index (χ0) is 13.0. The lowest BCUT2D eigenvalue weighted by Gasteiger charge is -2.09. The summed E-state index contributed by atoms with van der Waals surface area (Å²) < 4.78 is 26.9. The number of hydrogen-bond donors (Lipinski definition) is 1. The molecule has 1 aromatic rings. The second kappa shape index (κ2) is 5.96. The summed E-state index contributed by atoms with van der Waals surface area (Å²) in [5, 5.41) is 2.34. The minimum Gasteiger partial charge on any atom is -0.352 e. The molecule has 94 valence electrons. The van der Waals surface area contributed by atoms with Crippen LogP contribution in [0.2, 0.25) is 0 Å². The minimum absolute atomic E-state index is 0.0949. The molecule has 0 fully saturated rings. The number of nitrogens with one attached hydrogen (secondary N) is 1. The van der Waals surface area contributed by atoms with Gasteiger partial charge >= 0.3 is 0 Å². The van der Waals surface area contributed by atoms with Gasteiger partial charge in [0.15, 0.2) is 0 Å². The maximum Gasteiger partial charge on any atom is 0.257 e. The molecule has 0 radical (unpaired) electrons. The Bertz CT molecular complexity index is 421. The fourth-order valence-corrected chi connectivity index (χ4v) is 1.45. The van der Waals surface area contributed by atoms with Crippen LogP contribution in [0.3, 0.4) is 0 Å². The average molecular weight is 262 g/mol. The summed E-state index contributed by atoms with van der Waals surface area (Å²) in [5.41, 5.74) is -0.297. The van der Waals surface area contributed by atoms with Crippen LogP contribution < -0.4 is 5.32 Å². The highest BCUT2D eigenvalue weighted by Gasteiger charge is 2.18. The van der Waals surface area contributed by atoms with Gasteiger partial charge in [-0.1, -0.05) is 6.07 Å². The average Bonchev–Trinajstić information content (AvgIpc) is 2.23. The van der Waals surface area contributed by atoms with Gasteiger partial charge in [-0.15, -0.1) is 11.6 Å². The van der Waals surface area contributed by atoms with E-state index in [1.54, 1.807) is 6.92 Å². The quantitative estimate of drug-likeness (QED) is 0.830. The fourth-order valence-electron chi connectivity index (χ4n) is 1.34. The zero-order valence-corrected chi connectivity index (χ0v) is 10.4. The minimum atomic E-state index is -0.857. The van der Waals surface area contributed by atoms with E-state index >= 15 is 0 Å². The van der Waals surface area contributed by atoms with Gasteiger partial charge in [0.25, 0.3) is 5.91 Å². The predicted molar refractivity (Wildman–Crippen MR) is 63.4 cm³/mol. The van der Waals surface area contributed by atoms with E-state index in [0.29, 0.717) is 6.42 Å². The van der Waals surface area contributed by atoms with Gasteiger partial charge < -0.3 is 5.32 Å². The number of carbonyl (C=O) groups excluding carboxylic acids is 1. The van der Waals surface area contributed by atoms with Crippen LogP contribution in [-0.4, -0.2) is 17.8 Å². The normalized spacial score (nSPS) is 12.3. The molecule has 0 aliphatic heterocycles. The lowest BCUT2D eigenvalue weighted by Crippen LogP contribution is -2.27. The monoisotopic (exact) mass is 261 g/mol. The first-order valence-corrected chi connectivity index (χ1v) is 5.74. The molecule has 17 heavy (non-hydrogen) atoms. The van der Waals surface area contributed by atoms with Crippen molar-refractivity contribution in [3.63, 3.8) is 0 Å². The standard InChI is InChI=1S/C12H14ClF2NO/c1-7-3-4-9(14)10(11(7)15)12(17)16-6-5-8(2)13/h3-4,8H,5-6H2,1-2H3,(H,16,17). The molecule has 0 aliphatic rings. The second-order valence-electron chi connectivity index (χ2n) is 3.88. The third-order valence-electron chi connectivity index (χ3n) is 2.34. The van der Waals surface area contributed by atoms with Crippen molar-refractivity contribution in [3.8, 4) is 0 Å². The summed E-state index contributed by atoms with van der Waals surface area (Å²) in [6, 6.07) is 2.37. The highest BCUT2D eigenvalue weighted by Crippen LogP contribution is 2.16. The molecule has 1 unspecified atom stereocenters. The van der Waals surface area contributed by atoms with Crippen molar-refractivity contribution in [2.24, 2.45) is 0 Å². The molecule has 0 aromatic heterocycles. The van der Waals surface area contributed by atoms with Crippen LogP contribution in [0.4, 0.5) is 8.78 Å². The molecule has 0 saturated heterocycles. The highest BCUT2D eigenvalue weighted by atomic mass is 35.5. The maximum atomic E-state index is 13.6. The van der Waals surface area contributed by atoms with Crippen molar-refractivity contribution >= 4 is 17.5 Å². The maximum absolute atomic E-state index is 13.6. The van der Waals surface area contributed by atoms with Crippen molar-refractivity contribution in [2.45, 2.75) is 25.6 Å². The molecule has 0 saturated carbocycles. The molecule has 0 bridgehead atoms. The van der Waals surface area contributed by atoms with Crippen LogP contribution >= 0.6 is 11.6 Å². The Morgan fingerprint density at radius 3 is 2.71 bits per heavy atom. The molecular formula is C12H14ClF2NO. The van der Waals surface area contributed by atoms with E-state index < -0.39 is 23.1 Å². The first kappa shape index (κ1) is 13.9. The smallest absolute Gasteiger partial charge is 0.257 e. The molecule has 5 heteroatoms. The van der Waals surface area contributed by atoms with Crippen LogP contribution in [-0.2, 0) is 0 Å². The topological polar surface area (TPSA) is 29.1 Å². The summed E-state index contributed by atoms with van der Waals surface area (Å²) in [6.07, 6.45) is 0.544. The molecular weight excluding hydrogens is 248 g/mol. The SMILES string of the molecule is Cc1ccc(F)c(C(=O)NCCC(C)Cl)c1F. The van der Waals surface area contributed by atoms with E-state index in [4.69, 9.17) is 11.6 Å². The van der Waals surface area contributed by atoms with Gasteiger partial charge in [-0.25, -0.2) is 8.78 Å². The number of aryl methyl sites for hydroxylation is 1. The summed E-state index contributed by atoms with van der Waals surface area (Å²) in [7, 11) is 0. The number of amides is 1. The lowest BCUT2D eigenvalue weighted by molar-refractivity contribution is 0.0944. The largest absolute Gasteiger partial charge is 0.352 e. The Labute approximate surface area is 104 Å². The van der Waals surface area contributed by atoms with Crippen LogP contribution in [0.5, 0.6) is 0 Å². The van der Waals surface area contributed by atoms with Gasteiger partial charge in [-0.3, -0.25) is 4.79 Å². The van der Waals surface area contributed by atoms with Crippen molar-refractivity contribution in [2.75, 3.05) is 6.54 Å². The van der Waals surface area contributed by atoms with E-state index in [9.17, 15) is 13.6 Å². The summed E-state index contributed by atoms with van der Waals surface area (Å²) in [4.78, 5) is 11.6. The number of hydrogen-bond acceptors (Lipinski definition) is 1. The third kappa shape index (κ3) is 3.66. The van der Waals surface area contributed by atoms with E-state index in [1.165, 1.54) is 13.0 Å². The lowest BCUT2D eigenvalue weighted by atomic mass is 10.1. The molecule has 0 spiro atoms. The summed E-state index contributed by atoms with van der Waals surface area (Å²) >= 11 is 5.70. The van der Waals surface area contributed by atoms with Gasteiger partial charge in [0.1, 0.15) is 17.2 Å². The Morgan fingerprint density at radius 1 is 1.47 bits per heavy atom. The van der Waals surface area contributed by atoms with E-state index in [2.05, 4.69) is 5.32 Å². The van der Waals surface area contributed by atoms with E-state index in [-0.39, 0.29) is 17.5 Å². The van der Waals surface area contributed by atoms with Gasteiger partial charge in [-0.2, -0.15) is 0 Å². The van der Waals surface area contributed by atoms with Crippen LogP contribution in [0.1, 0.15) is 29.3 Å². The van der Waals surface area contributed by atoms with Crippen molar-refractivity contribution in [1.82, 2.24) is 5.32 Å². The van der Waals surface area contributed by atoms with Gasteiger partial charge in [-0.05, 0) is 31.9 Å². The molecule has 1 atom stereocenters. The van der Waals surface area contributed by atoms with Gasteiger partial charge in [0.2, 0.25) is 0 Å². The van der Waals surface area contributed by atoms with Crippen molar-refractivity contribution in [1.29, 1.82) is 0 Å². The van der Waals surface area contributed by atoms with Crippen molar-refractivity contribution < 1.29 is 13.6 Å². The Balaban J connectivity index is 2.79. The molecule has 2 nitrogen and oxygen atoms in total. The Hall–Kier alpha value is -1.16.